The number of aromatic nitrogens is 2. The van der Waals surface area contributed by atoms with Gasteiger partial charge in [-0.2, -0.15) is 4.57 Å². The predicted octanol–water partition coefficient (Wildman–Crippen LogP) is 2.89. The number of aliphatic carboxylic acids is 2. The first-order valence-corrected chi connectivity index (χ1v) is 11.2. The maximum atomic E-state index is 12.7. The highest BCUT2D eigenvalue weighted by Gasteiger charge is 2.30. The van der Waals surface area contributed by atoms with E-state index < -0.39 is 23.9 Å². The second-order valence-corrected chi connectivity index (χ2v) is 8.75. The van der Waals surface area contributed by atoms with Crippen LogP contribution in [0, 0.1) is 6.92 Å². The first kappa shape index (κ1) is 25.4. The summed E-state index contributed by atoms with van der Waals surface area (Å²) in [5, 5.41) is 18.5. The molecule has 0 aromatic carbocycles. The minimum absolute atomic E-state index is 0.209. The average molecular weight is 506 g/mol. The van der Waals surface area contributed by atoms with Crippen molar-refractivity contribution in [3.63, 3.8) is 0 Å². The molecule has 0 amide bonds. The van der Waals surface area contributed by atoms with Crippen molar-refractivity contribution in [3.8, 4) is 11.1 Å². The molecule has 0 unspecified atom stereocenters. The van der Waals surface area contributed by atoms with Crippen molar-refractivity contribution in [1.29, 1.82) is 0 Å². The number of nitrogens with zero attached hydrogens (tertiary/aromatic N) is 2. The summed E-state index contributed by atoms with van der Waals surface area (Å²) in [5.74, 6) is -3.33. The van der Waals surface area contributed by atoms with Gasteiger partial charge < -0.3 is 24.3 Å². The topological polar surface area (TPSA) is 136 Å². The number of hydrogen-bond donors (Lipinski definition) is 2. The van der Waals surface area contributed by atoms with Crippen LogP contribution in [0.4, 0.5) is 0 Å². The Bertz CT molecular complexity index is 1510. The van der Waals surface area contributed by atoms with Crippen LogP contribution in [0.5, 0.6) is 0 Å². The van der Waals surface area contributed by atoms with Gasteiger partial charge in [-0.05, 0) is 42.2 Å². The van der Waals surface area contributed by atoms with Gasteiger partial charge in [-0.1, -0.05) is 12.1 Å². The SMILES string of the molecule is COC(=O)c1c[n+](CC(=O)O)cc2c1/C(=C\c1cc(C)c3cn(CC(=O)O)cc(C(=O)OC)c1-3)C=C2C. The summed E-state index contributed by atoms with van der Waals surface area (Å²) >= 11 is 0. The lowest BCUT2D eigenvalue weighted by Crippen LogP contribution is -2.39. The molecule has 190 valence electrons. The molecule has 10 nitrogen and oxygen atoms in total. The Labute approximate surface area is 212 Å². The molecule has 3 aliphatic rings. The lowest BCUT2D eigenvalue weighted by atomic mass is 9.96. The number of fused-ring (bicyclic) bond motifs is 2. The van der Waals surface area contributed by atoms with Gasteiger partial charge in [0.1, 0.15) is 12.1 Å². The number of rotatable bonds is 7. The molecule has 1 aromatic rings. The van der Waals surface area contributed by atoms with E-state index >= 15 is 0 Å². The fourth-order valence-corrected chi connectivity index (χ4v) is 4.69. The fourth-order valence-electron chi connectivity index (χ4n) is 4.69. The van der Waals surface area contributed by atoms with Gasteiger partial charge in [0.05, 0.1) is 25.3 Å². The Morgan fingerprint density at radius 1 is 0.919 bits per heavy atom. The molecule has 0 bridgehead atoms. The van der Waals surface area contributed by atoms with E-state index in [4.69, 9.17) is 9.47 Å². The van der Waals surface area contributed by atoms with Gasteiger partial charge in [-0.15, -0.1) is 0 Å². The van der Waals surface area contributed by atoms with E-state index in [9.17, 15) is 29.4 Å². The van der Waals surface area contributed by atoms with Crippen LogP contribution >= 0.6 is 0 Å². The summed E-state index contributed by atoms with van der Waals surface area (Å²) in [6.07, 6.45) is 9.95. The first-order valence-electron chi connectivity index (χ1n) is 11.2. The van der Waals surface area contributed by atoms with Gasteiger partial charge in [-0.25, -0.2) is 14.4 Å². The second kappa shape index (κ2) is 9.73. The zero-order chi connectivity index (χ0) is 27.0. The molecule has 2 N–H and O–H groups in total. The number of aryl methyl sites for hydroxylation is 1. The fraction of sp³-hybridized carbons (Fsp3) is 0.222. The molecule has 0 fully saturated rings. The number of hydrogen-bond acceptors (Lipinski definition) is 6. The molecule has 2 aliphatic carbocycles. The van der Waals surface area contributed by atoms with Crippen LogP contribution in [-0.4, -0.2) is 52.9 Å². The predicted molar refractivity (Wildman–Crippen MR) is 132 cm³/mol. The van der Waals surface area contributed by atoms with E-state index in [0.29, 0.717) is 33.4 Å². The van der Waals surface area contributed by atoms with E-state index in [1.165, 1.54) is 35.7 Å². The van der Waals surface area contributed by atoms with Crippen molar-refractivity contribution in [2.24, 2.45) is 0 Å². The van der Waals surface area contributed by atoms with Crippen LogP contribution in [0.25, 0.3) is 28.3 Å². The van der Waals surface area contributed by atoms with Gasteiger partial charge in [0.25, 0.3) is 0 Å². The maximum Gasteiger partial charge on any atom is 0.370 e. The minimum atomic E-state index is -1.05. The highest BCUT2D eigenvalue weighted by atomic mass is 16.5. The molecule has 0 atom stereocenters. The van der Waals surface area contributed by atoms with Crippen LogP contribution in [0.15, 0.2) is 36.9 Å². The number of carbonyl (C=O) groups excluding carboxylic acids is 2. The Hall–Kier alpha value is -4.73. The normalized spacial score (nSPS) is 13.4. The van der Waals surface area contributed by atoms with Crippen molar-refractivity contribution >= 4 is 41.1 Å². The molecule has 0 spiro atoms. The van der Waals surface area contributed by atoms with Crippen molar-refractivity contribution < 1.29 is 43.4 Å². The molecular formula is C27H25N2O8+. The van der Waals surface area contributed by atoms with Gasteiger partial charge in [-0.3, -0.25) is 4.79 Å². The summed E-state index contributed by atoms with van der Waals surface area (Å²) in [6, 6.07) is 1.88. The van der Waals surface area contributed by atoms with Gasteiger partial charge in [0, 0.05) is 29.1 Å². The number of ether oxygens (including phenoxy) is 2. The van der Waals surface area contributed by atoms with Crippen molar-refractivity contribution in [3.05, 3.63) is 70.3 Å². The van der Waals surface area contributed by atoms with E-state index in [-0.39, 0.29) is 24.2 Å². The monoisotopic (exact) mass is 505 g/mol. The van der Waals surface area contributed by atoms with Gasteiger partial charge >= 0.3 is 23.9 Å². The van der Waals surface area contributed by atoms with Crippen molar-refractivity contribution in [2.45, 2.75) is 26.9 Å². The van der Waals surface area contributed by atoms with Crippen LogP contribution in [0.3, 0.4) is 0 Å². The van der Waals surface area contributed by atoms with E-state index in [1.54, 1.807) is 12.4 Å². The first-order chi connectivity index (χ1) is 17.5. The summed E-state index contributed by atoms with van der Waals surface area (Å²) in [6.45, 7) is 3.06. The number of esters is 2. The maximum absolute atomic E-state index is 12.7. The highest BCUT2D eigenvalue weighted by molar-refractivity contribution is 6.10. The molecule has 10 heteroatoms. The quantitative estimate of drug-likeness (QED) is 0.370. The summed E-state index contributed by atoms with van der Waals surface area (Å²) < 4.78 is 12.8. The average Bonchev–Trinajstić information content (AvgIpc) is 3.32. The third kappa shape index (κ3) is 4.73. The van der Waals surface area contributed by atoms with Crippen LogP contribution in [0.1, 0.15) is 49.9 Å². The third-order valence-electron chi connectivity index (χ3n) is 6.19. The Balaban J connectivity index is 1.96. The summed E-state index contributed by atoms with van der Waals surface area (Å²) in [4.78, 5) is 48.0. The highest BCUT2D eigenvalue weighted by Crippen LogP contribution is 2.42. The van der Waals surface area contributed by atoms with Crippen LogP contribution in [-0.2, 0) is 32.2 Å². The number of methoxy groups -OCH3 is 2. The molecule has 2 heterocycles. The molecule has 1 aromatic heterocycles. The Morgan fingerprint density at radius 2 is 1.59 bits per heavy atom. The smallest absolute Gasteiger partial charge is 0.370 e. The molecule has 1 aliphatic heterocycles. The lowest BCUT2D eigenvalue weighted by molar-refractivity contribution is -0.686. The van der Waals surface area contributed by atoms with Crippen LogP contribution in [0.2, 0.25) is 0 Å². The van der Waals surface area contributed by atoms with Crippen LogP contribution < -0.4 is 4.57 Å². The van der Waals surface area contributed by atoms with E-state index in [2.05, 4.69) is 0 Å². The number of carboxylic acids is 2. The Morgan fingerprint density at radius 3 is 2.22 bits per heavy atom. The van der Waals surface area contributed by atoms with Crippen molar-refractivity contribution in [2.75, 3.05) is 14.2 Å². The molecule has 0 radical (unpaired) electrons. The standard InChI is InChI=1S/C27H24N2O8/c1-14-5-16(24-18(14)8-28(12-22(30)31)10-20(24)26(34)36-3)7-17-6-15(2)19-9-29(13-23(32)33)11-21(25(17)19)27(35)37-4/h5-11H,12-13H2,1-4H3,(H-,30,31,32,33)/p+1. The second-order valence-electron chi connectivity index (χ2n) is 8.75. The molecule has 0 saturated carbocycles. The summed E-state index contributed by atoms with van der Waals surface area (Å²) in [7, 11) is 2.51. The molecular weight excluding hydrogens is 480 g/mol. The van der Waals surface area contributed by atoms with Gasteiger partial charge in [0.15, 0.2) is 12.4 Å². The Kier molecular flexibility index (Phi) is 6.67. The number of carbonyl (C=O) groups is 4. The third-order valence-corrected chi connectivity index (χ3v) is 6.19. The molecule has 0 saturated heterocycles. The molecule has 4 rings (SSSR count). The number of carboxylic acid groups (broad SMARTS) is 2. The zero-order valence-electron chi connectivity index (χ0n) is 20.7. The minimum Gasteiger partial charge on any atom is -0.480 e. The lowest BCUT2D eigenvalue weighted by Gasteiger charge is -2.14. The number of allylic oxidation sites excluding steroid dienone is 3. The largest absolute Gasteiger partial charge is 0.480 e. The van der Waals surface area contributed by atoms with E-state index in [1.807, 2.05) is 32.1 Å². The zero-order valence-corrected chi connectivity index (χ0v) is 20.7. The van der Waals surface area contributed by atoms with E-state index in [0.717, 1.165) is 11.1 Å². The van der Waals surface area contributed by atoms with Crippen molar-refractivity contribution in [1.82, 2.24) is 4.57 Å². The number of pyridine rings is 2. The van der Waals surface area contributed by atoms with Gasteiger partial charge in [0.2, 0.25) is 6.54 Å². The molecule has 37 heavy (non-hydrogen) atoms. The summed E-state index contributed by atoms with van der Waals surface area (Å²) in [5.41, 5.74) is 5.99.